The summed E-state index contributed by atoms with van der Waals surface area (Å²) in [7, 11) is 1.59. The Morgan fingerprint density at radius 3 is 2.52 bits per heavy atom. The zero-order valence-corrected chi connectivity index (χ0v) is 17.4. The molecule has 0 radical (unpaired) electrons. The SMILES string of the molecule is COc1ccccc1CNC(=O)c1[nH]c2ccccc2c1NC(=O)c1cccc(C)c1. The number of hydrogen-bond acceptors (Lipinski definition) is 3. The van der Waals surface area contributed by atoms with Crippen molar-refractivity contribution in [3.8, 4) is 5.75 Å². The molecule has 156 valence electrons. The predicted octanol–water partition coefficient (Wildman–Crippen LogP) is 4.67. The van der Waals surface area contributed by atoms with Crippen LogP contribution in [-0.2, 0) is 6.54 Å². The van der Waals surface area contributed by atoms with Crippen LogP contribution in [0.3, 0.4) is 0 Å². The molecule has 6 heteroatoms. The number of aromatic nitrogens is 1. The van der Waals surface area contributed by atoms with Gasteiger partial charge in [-0.05, 0) is 31.2 Å². The molecule has 0 aliphatic carbocycles. The third-order valence-electron chi connectivity index (χ3n) is 5.08. The molecule has 0 saturated heterocycles. The van der Waals surface area contributed by atoms with Crippen molar-refractivity contribution < 1.29 is 14.3 Å². The number of nitrogens with one attached hydrogen (secondary N) is 3. The highest BCUT2D eigenvalue weighted by Crippen LogP contribution is 2.28. The fraction of sp³-hybridized carbons (Fsp3) is 0.120. The third-order valence-corrected chi connectivity index (χ3v) is 5.08. The van der Waals surface area contributed by atoms with Gasteiger partial charge in [-0.15, -0.1) is 0 Å². The first-order valence-electron chi connectivity index (χ1n) is 9.95. The van der Waals surface area contributed by atoms with Gasteiger partial charge in [-0.3, -0.25) is 9.59 Å². The number of anilines is 1. The van der Waals surface area contributed by atoms with Crippen LogP contribution in [0.1, 0.15) is 32.0 Å². The zero-order chi connectivity index (χ0) is 21.8. The molecular weight excluding hydrogens is 390 g/mol. The predicted molar refractivity (Wildman–Crippen MR) is 122 cm³/mol. The van der Waals surface area contributed by atoms with E-state index in [4.69, 9.17) is 4.74 Å². The highest BCUT2D eigenvalue weighted by Gasteiger charge is 2.20. The number of methoxy groups -OCH3 is 1. The van der Waals surface area contributed by atoms with Gasteiger partial charge in [0.05, 0.1) is 12.8 Å². The molecule has 0 aliphatic heterocycles. The molecule has 0 bridgehead atoms. The Balaban J connectivity index is 1.63. The van der Waals surface area contributed by atoms with Crippen molar-refractivity contribution in [1.29, 1.82) is 0 Å². The highest BCUT2D eigenvalue weighted by molar-refractivity contribution is 6.15. The average Bonchev–Trinajstić information content (AvgIpc) is 3.16. The van der Waals surface area contributed by atoms with Crippen molar-refractivity contribution in [2.45, 2.75) is 13.5 Å². The molecule has 0 aliphatic rings. The summed E-state index contributed by atoms with van der Waals surface area (Å²) in [6.07, 6.45) is 0. The molecule has 4 rings (SSSR count). The van der Waals surface area contributed by atoms with Gasteiger partial charge in [0.25, 0.3) is 11.8 Å². The molecule has 0 fully saturated rings. The van der Waals surface area contributed by atoms with Gasteiger partial charge in [0.15, 0.2) is 0 Å². The third kappa shape index (κ3) is 4.28. The number of carbonyl (C=O) groups is 2. The van der Waals surface area contributed by atoms with Crippen LogP contribution < -0.4 is 15.4 Å². The van der Waals surface area contributed by atoms with Crippen LogP contribution >= 0.6 is 0 Å². The van der Waals surface area contributed by atoms with E-state index < -0.39 is 0 Å². The van der Waals surface area contributed by atoms with Gasteiger partial charge in [0, 0.05) is 28.6 Å². The van der Waals surface area contributed by atoms with Gasteiger partial charge in [-0.1, -0.05) is 54.1 Å². The van der Waals surface area contributed by atoms with E-state index in [2.05, 4.69) is 15.6 Å². The summed E-state index contributed by atoms with van der Waals surface area (Å²) in [4.78, 5) is 29.1. The van der Waals surface area contributed by atoms with E-state index in [1.165, 1.54) is 0 Å². The molecule has 1 heterocycles. The quantitative estimate of drug-likeness (QED) is 0.430. The fourth-order valence-electron chi connectivity index (χ4n) is 3.53. The van der Waals surface area contributed by atoms with E-state index in [1.807, 2.05) is 73.7 Å². The van der Waals surface area contributed by atoms with Gasteiger partial charge in [-0.2, -0.15) is 0 Å². The Bertz CT molecular complexity index is 1260. The molecule has 31 heavy (non-hydrogen) atoms. The molecule has 2 amide bonds. The minimum absolute atomic E-state index is 0.271. The molecule has 0 unspecified atom stereocenters. The fourth-order valence-corrected chi connectivity index (χ4v) is 3.53. The van der Waals surface area contributed by atoms with Crippen LogP contribution in [0, 0.1) is 6.92 Å². The molecule has 0 atom stereocenters. The number of aromatic amines is 1. The highest BCUT2D eigenvalue weighted by atomic mass is 16.5. The lowest BCUT2D eigenvalue weighted by Crippen LogP contribution is -2.25. The van der Waals surface area contributed by atoms with Crippen LogP contribution in [0.2, 0.25) is 0 Å². The second-order valence-electron chi connectivity index (χ2n) is 7.24. The molecule has 3 aromatic carbocycles. The number of carbonyl (C=O) groups excluding carboxylic acids is 2. The normalized spacial score (nSPS) is 10.6. The van der Waals surface area contributed by atoms with Crippen LogP contribution in [0.4, 0.5) is 5.69 Å². The Hall–Kier alpha value is -4.06. The number of ether oxygens (including phenoxy) is 1. The maximum atomic E-state index is 13.0. The smallest absolute Gasteiger partial charge is 0.270 e. The Morgan fingerprint density at radius 1 is 0.935 bits per heavy atom. The monoisotopic (exact) mass is 413 g/mol. The van der Waals surface area contributed by atoms with Crippen molar-refractivity contribution in [3.63, 3.8) is 0 Å². The number of benzene rings is 3. The van der Waals surface area contributed by atoms with Gasteiger partial charge < -0.3 is 20.4 Å². The Labute approximate surface area is 180 Å². The maximum absolute atomic E-state index is 13.0. The van der Waals surface area contributed by atoms with Crippen molar-refractivity contribution in [1.82, 2.24) is 10.3 Å². The lowest BCUT2D eigenvalue weighted by molar-refractivity contribution is 0.0947. The maximum Gasteiger partial charge on any atom is 0.270 e. The lowest BCUT2D eigenvalue weighted by Gasteiger charge is -2.11. The lowest BCUT2D eigenvalue weighted by atomic mass is 10.1. The van der Waals surface area contributed by atoms with Crippen molar-refractivity contribution in [2.75, 3.05) is 12.4 Å². The molecule has 1 aromatic heterocycles. The van der Waals surface area contributed by atoms with Gasteiger partial charge >= 0.3 is 0 Å². The first kappa shape index (κ1) is 20.2. The number of fused-ring (bicyclic) bond motifs is 1. The summed E-state index contributed by atoms with van der Waals surface area (Å²) in [6, 6.07) is 22.3. The molecule has 3 N–H and O–H groups in total. The summed E-state index contributed by atoms with van der Waals surface area (Å²) >= 11 is 0. The summed E-state index contributed by atoms with van der Waals surface area (Å²) in [6.45, 7) is 2.22. The first-order chi connectivity index (χ1) is 15.1. The molecule has 0 spiro atoms. The topological polar surface area (TPSA) is 83.2 Å². The summed E-state index contributed by atoms with van der Waals surface area (Å²) in [5, 5.41) is 6.60. The standard InChI is InChI=1S/C25H23N3O3/c1-16-8-7-10-17(14-16)24(29)28-22-19-11-4-5-12-20(19)27-23(22)25(30)26-15-18-9-3-6-13-21(18)31-2/h3-14,27H,15H2,1-2H3,(H,26,30)(H,28,29). The Morgan fingerprint density at radius 2 is 1.71 bits per heavy atom. The second kappa shape index (κ2) is 8.75. The number of hydrogen-bond donors (Lipinski definition) is 3. The van der Waals surface area contributed by atoms with E-state index in [9.17, 15) is 9.59 Å². The van der Waals surface area contributed by atoms with Crippen LogP contribution in [-0.4, -0.2) is 23.9 Å². The Kier molecular flexibility index (Phi) is 5.71. The largest absolute Gasteiger partial charge is 0.496 e. The number of H-pyrrole nitrogens is 1. The summed E-state index contributed by atoms with van der Waals surface area (Å²) < 4.78 is 5.35. The van der Waals surface area contributed by atoms with Gasteiger partial charge in [0.2, 0.25) is 0 Å². The molecule has 6 nitrogen and oxygen atoms in total. The van der Waals surface area contributed by atoms with Gasteiger partial charge in [0.1, 0.15) is 11.4 Å². The van der Waals surface area contributed by atoms with Crippen LogP contribution in [0.5, 0.6) is 5.75 Å². The van der Waals surface area contributed by atoms with E-state index in [1.54, 1.807) is 13.2 Å². The minimum atomic E-state index is -0.318. The minimum Gasteiger partial charge on any atom is -0.496 e. The van der Waals surface area contributed by atoms with E-state index in [0.29, 0.717) is 29.2 Å². The van der Waals surface area contributed by atoms with Crippen LogP contribution in [0.15, 0.2) is 72.8 Å². The summed E-state index contributed by atoms with van der Waals surface area (Å²) in [5.41, 5.74) is 3.91. The first-order valence-corrected chi connectivity index (χ1v) is 9.95. The van der Waals surface area contributed by atoms with Crippen LogP contribution in [0.25, 0.3) is 10.9 Å². The molecular formula is C25H23N3O3. The number of rotatable bonds is 6. The number of para-hydroxylation sites is 2. The van der Waals surface area contributed by atoms with Crippen molar-refractivity contribution in [3.05, 3.63) is 95.2 Å². The van der Waals surface area contributed by atoms with E-state index in [0.717, 1.165) is 22.0 Å². The van der Waals surface area contributed by atoms with Crippen molar-refractivity contribution in [2.24, 2.45) is 0 Å². The number of aryl methyl sites for hydroxylation is 1. The van der Waals surface area contributed by atoms with Gasteiger partial charge in [-0.25, -0.2) is 0 Å². The number of amides is 2. The second-order valence-corrected chi connectivity index (χ2v) is 7.24. The molecule has 4 aromatic rings. The van der Waals surface area contributed by atoms with Crippen molar-refractivity contribution >= 4 is 28.4 Å². The summed E-state index contributed by atoms with van der Waals surface area (Å²) in [5.74, 6) is 0.112. The zero-order valence-electron chi connectivity index (χ0n) is 17.4. The van der Waals surface area contributed by atoms with E-state index >= 15 is 0 Å². The molecule has 0 saturated carbocycles. The average molecular weight is 413 g/mol. The van der Waals surface area contributed by atoms with E-state index in [-0.39, 0.29) is 11.8 Å².